The van der Waals surface area contributed by atoms with E-state index >= 15 is 0 Å². The molecule has 0 spiro atoms. The Balaban J connectivity index is 2.30. The van der Waals surface area contributed by atoms with Gasteiger partial charge in [0.25, 0.3) is 0 Å². The molecule has 0 radical (unpaired) electrons. The molecule has 0 aliphatic carbocycles. The maximum atomic E-state index is 13.2. The fraction of sp³-hybridized carbons (Fsp3) is 0.500. The van der Waals surface area contributed by atoms with Gasteiger partial charge in [-0.1, -0.05) is 0 Å². The minimum absolute atomic E-state index is 0.350. The van der Waals surface area contributed by atoms with Gasteiger partial charge in [0.05, 0.1) is 11.3 Å². The van der Waals surface area contributed by atoms with Crippen LogP contribution in [0.15, 0.2) is 18.2 Å². The number of piperidine rings is 1. The third-order valence-corrected chi connectivity index (χ3v) is 3.46. The molecule has 1 saturated heterocycles. The zero-order valence-corrected chi connectivity index (χ0v) is 10.6. The summed E-state index contributed by atoms with van der Waals surface area (Å²) in [4.78, 5) is 2.23. The molecule has 0 aromatic heterocycles. The standard InChI is InChI=1S/C14H18FN3/c1-17-10-13-4-2-3-7-18(13)14-6-5-12(15)8-11(14)9-16/h5-6,8,13,17H,2-4,7,10H2,1H3. The van der Waals surface area contributed by atoms with Gasteiger partial charge in [0, 0.05) is 19.1 Å². The molecule has 1 aromatic carbocycles. The Morgan fingerprint density at radius 2 is 2.33 bits per heavy atom. The minimum atomic E-state index is -0.350. The minimum Gasteiger partial charge on any atom is -0.366 e. The summed E-state index contributed by atoms with van der Waals surface area (Å²) in [6.45, 7) is 1.83. The molecule has 1 unspecified atom stereocenters. The van der Waals surface area contributed by atoms with Gasteiger partial charge in [0.2, 0.25) is 0 Å². The molecule has 1 aliphatic heterocycles. The maximum Gasteiger partial charge on any atom is 0.124 e. The second-order valence-corrected chi connectivity index (χ2v) is 4.67. The fourth-order valence-corrected chi connectivity index (χ4v) is 2.61. The van der Waals surface area contributed by atoms with Crippen LogP contribution in [0.3, 0.4) is 0 Å². The summed E-state index contributed by atoms with van der Waals surface area (Å²) in [5.41, 5.74) is 1.29. The Labute approximate surface area is 107 Å². The molecule has 4 heteroatoms. The highest BCUT2D eigenvalue weighted by molar-refractivity contribution is 5.60. The molecule has 1 atom stereocenters. The van der Waals surface area contributed by atoms with E-state index in [1.54, 1.807) is 6.07 Å². The van der Waals surface area contributed by atoms with Crippen molar-refractivity contribution in [2.75, 3.05) is 25.0 Å². The topological polar surface area (TPSA) is 39.1 Å². The number of hydrogen-bond donors (Lipinski definition) is 1. The van der Waals surface area contributed by atoms with Crippen molar-refractivity contribution in [3.05, 3.63) is 29.6 Å². The zero-order chi connectivity index (χ0) is 13.0. The lowest BCUT2D eigenvalue weighted by Gasteiger charge is -2.38. The second-order valence-electron chi connectivity index (χ2n) is 4.67. The van der Waals surface area contributed by atoms with E-state index < -0.39 is 0 Å². The van der Waals surface area contributed by atoms with Crippen LogP contribution < -0.4 is 10.2 Å². The average molecular weight is 247 g/mol. The molecule has 1 N–H and O–H groups in total. The van der Waals surface area contributed by atoms with Crippen molar-refractivity contribution in [2.24, 2.45) is 0 Å². The van der Waals surface area contributed by atoms with Crippen molar-refractivity contribution in [3.63, 3.8) is 0 Å². The molecule has 1 aliphatic rings. The van der Waals surface area contributed by atoms with E-state index in [1.165, 1.54) is 18.6 Å². The number of nitrogens with one attached hydrogen (secondary N) is 1. The lowest BCUT2D eigenvalue weighted by molar-refractivity contribution is 0.446. The van der Waals surface area contributed by atoms with Gasteiger partial charge in [0.15, 0.2) is 0 Å². The molecular weight excluding hydrogens is 229 g/mol. The lowest BCUT2D eigenvalue weighted by atomic mass is 10.00. The highest BCUT2D eigenvalue weighted by Gasteiger charge is 2.24. The Morgan fingerprint density at radius 1 is 1.50 bits per heavy atom. The number of benzene rings is 1. The third-order valence-electron chi connectivity index (χ3n) is 3.46. The van der Waals surface area contributed by atoms with E-state index in [2.05, 4.69) is 16.3 Å². The number of anilines is 1. The summed E-state index contributed by atoms with van der Waals surface area (Å²) in [5.74, 6) is -0.350. The predicted octanol–water partition coefficient (Wildman–Crippen LogP) is 2.28. The van der Waals surface area contributed by atoms with E-state index in [4.69, 9.17) is 5.26 Å². The maximum absolute atomic E-state index is 13.2. The number of likely N-dealkylation sites (N-methyl/N-ethyl adjacent to an activating group) is 1. The van der Waals surface area contributed by atoms with Crippen LogP contribution in [0.2, 0.25) is 0 Å². The monoisotopic (exact) mass is 247 g/mol. The molecule has 3 nitrogen and oxygen atoms in total. The SMILES string of the molecule is CNCC1CCCCN1c1ccc(F)cc1C#N. The van der Waals surface area contributed by atoms with Crippen molar-refractivity contribution in [1.29, 1.82) is 5.26 Å². The first-order chi connectivity index (χ1) is 8.76. The molecule has 96 valence electrons. The number of nitrogens with zero attached hydrogens (tertiary/aromatic N) is 2. The van der Waals surface area contributed by atoms with E-state index in [0.29, 0.717) is 11.6 Å². The van der Waals surface area contributed by atoms with Crippen molar-refractivity contribution in [3.8, 4) is 6.07 Å². The molecule has 18 heavy (non-hydrogen) atoms. The number of hydrogen-bond acceptors (Lipinski definition) is 3. The molecule has 0 saturated carbocycles. The van der Waals surface area contributed by atoms with Crippen LogP contribution >= 0.6 is 0 Å². The first kappa shape index (κ1) is 12.8. The quantitative estimate of drug-likeness (QED) is 0.890. The second kappa shape index (κ2) is 5.83. The summed E-state index contributed by atoms with van der Waals surface area (Å²) < 4.78 is 13.2. The third kappa shape index (κ3) is 2.62. The largest absolute Gasteiger partial charge is 0.366 e. The highest BCUT2D eigenvalue weighted by atomic mass is 19.1. The summed E-state index contributed by atoms with van der Waals surface area (Å²) in [7, 11) is 1.93. The van der Waals surface area contributed by atoms with Gasteiger partial charge in [-0.2, -0.15) is 5.26 Å². The molecule has 2 rings (SSSR count). The number of nitriles is 1. The summed E-state index contributed by atoms with van der Waals surface area (Å²) >= 11 is 0. The summed E-state index contributed by atoms with van der Waals surface area (Å²) in [6, 6.07) is 6.96. The smallest absolute Gasteiger partial charge is 0.124 e. The Bertz CT molecular complexity index is 451. The molecule has 0 amide bonds. The van der Waals surface area contributed by atoms with Gasteiger partial charge < -0.3 is 10.2 Å². The first-order valence-corrected chi connectivity index (χ1v) is 6.37. The molecule has 1 fully saturated rings. The van der Waals surface area contributed by atoms with E-state index in [-0.39, 0.29) is 5.82 Å². The van der Waals surface area contributed by atoms with Gasteiger partial charge in [-0.05, 0) is 44.5 Å². The summed E-state index contributed by atoms with van der Waals surface area (Å²) in [6.07, 6.45) is 3.46. The molecule has 0 bridgehead atoms. The average Bonchev–Trinajstić information content (AvgIpc) is 2.40. The van der Waals surface area contributed by atoms with Gasteiger partial charge in [-0.25, -0.2) is 4.39 Å². The zero-order valence-electron chi connectivity index (χ0n) is 10.6. The molecule has 1 aromatic rings. The van der Waals surface area contributed by atoms with Crippen LogP contribution in [-0.4, -0.2) is 26.2 Å². The van der Waals surface area contributed by atoms with Gasteiger partial charge in [-0.3, -0.25) is 0 Å². The van der Waals surface area contributed by atoms with E-state index in [9.17, 15) is 4.39 Å². The van der Waals surface area contributed by atoms with Crippen molar-refractivity contribution < 1.29 is 4.39 Å². The Kier molecular flexibility index (Phi) is 4.16. The van der Waals surface area contributed by atoms with Crippen LogP contribution in [-0.2, 0) is 0 Å². The fourth-order valence-electron chi connectivity index (χ4n) is 2.61. The Hall–Kier alpha value is -1.60. The molecular formula is C14H18FN3. The first-order valence-electron chi connectivity index (χ1n) is 6.37. The van der Waals surface area contributed by atoms with Crippen LogP contribution in [0.4, 0.5) is 10.1 Å². The van der Waals surface area contributed by atoms with Crippen LogP contribution in [0, 0.1) is 17.1 Å². The van der Waals surface area contributed by atoms with Crippen molar-refractivity contribution in [2.45, 2.75) is 25.3 Å². The van der Waals surface area contributed by atoms with E-state index in [1.807, 2.05) is 7.05 Å². The van der Waals surface area contributed by atoms with Crippen LogP contribution in [0.1, 0.15) is 24.8 Å². The molecule has 1 heterocycles. The normalized spacial score (nSPS) is 19.6. The van der Waals surface area contributed by atoms with Gasteiger partial charge in [0.1, 0.15) is 11.9 Å². The number of rotatable bonds is 3. The Morgan fingerprint density at radius 3 is 3.06 bits per heavy atom. The summed E-state index contributed by atoms with van der Waals surface area (Å²) in [5, 5.41) is 12.3. The van der Waals surface area contributed by atoms with Gasteiger partial charge >= 0.3 is 0 Å². The van der Waals surface area contributed by atoms with E-state index in [0.717, 1.165) is 31.6 Å². The van der Waals surface area contributed by atoms with Crippen molar-refractivity contribution in [1.82, 2.24) is 5.32 Å². The van der Waals surface area contributed by atoms with Crippen LogP contribution in [0.25, 0.3) is 0 Å². The van der Waals surface area contributed by atoms with Crippen LogP contribution in [0.5, 0.6) is 0 Å². The van der Waals surface area contributed by atoms with Crippen molar-refractivity contribution >= 4 is 5.69 Å². The van der Waals surface area contributed by atoms with Gasteiger partial charge in [-0.15, -0.1) is 0 Å². The number of halogens is 1. The highest BCUT2D eigenvalue weighted by Crippen LogP contribution is 2.28. The lowest BCUT2D eigenvalue weighted by Crippen LogP contribution is -2.45. The predicted molar refractivity (Wildman–Crippen MR) is 70.0 cm³/mol.